The van der Waals surface area contributed by atoms with E-state index in [1.807, 2.05) is 0 Å². The summed E-state index contributed by atoms with van der Waals surface area (Å²) in [4.78, 5) is 26.4. The molecule has 11 heteroatoms. The molecule has 1 saturated heterocycles. The third-order valence-electron chi connectivity index (χ3n) is 4.33. The quantitative estimate of drug-likeness (QED) is 0.536. The van der Waals surface area contributed by atoms with Gasteiger partial charge in [-0.05, 0) is 53.1 Å². The molecule has 1 aliphatic rings. The van der Waals surface area contributed by atoms with E-state index in [0.717, 1.165) is 12.8 Å². The lowest BCUT2D eigenvalue weighted by Gasteiger charge is -2.16. The SMILES string of the molecule is Cc1ccc(OCC(=O)Nc2cccc(S(=O)(=O)N3CCCC3)c2)c([N+](=O)[O-])n1. The van der Waals surface area contributed by atoms with E-state index in [9.17, 15) is 23.3 Å². The van der Waals surface area contributed by atoms with Crippen molar-refractivity contribution in [1.82, 2.24) is 9.29 Å². The fourth-order valence-electron chi connectivity index (χ4n) is 2.93. The summed E-state index contributed by atoms with van der Waals surface area (Å²) in [5.74, 6) is -1.19. The van der Waals surface area contributed by atoms with Crippen LogP contribution in [-0.4, -0.2) is 48.2 Å². The van der Waals surface area contributed by atoms with Crippen molar-refractivity contribution < 1.29 is 22.9 Å². The average Bonchev–Trinajstić information content (AvgIpc) is 3.23. The number of ether oxygens (including phenoxy) is 1. The molecule has 0 atom stereocenters. The van der Waals surface area contributed by atoms with E-state index in [2.05, 4.69) is 10.3 Å². The Morgan fingerprint density at radius 3 is 2.69 bits per heavy atom. The van der Waals surface area contributed by atoms with Crippen LogP contribution in [0.4, 0.5) is 11.5 Å². The van der Waals surface area contributed by atoms with Gasteiger partial charge < -0.3 is 20.2 Å². The zero-order valence-electron chi connectivity index (χ0n) is 15.7. The molecule has 1 aromatic heterocycles. The third kappa shape index (κ3) is 4.87. The van der Waals surface area contributed by atoms with E-state index in [0.29, 0.717) is 18.8 Å². The lowest BCUT2D eigenvalue weighted by molar-refractivity contribution is -0.390. The minimum Gasteiger partial charge on any atom is -0.476 e. The van der Waals surface area contributed by atoms with Crippen LogP contribution in [0.5, 0.6) is 5.75 Å². The highest BCUT2D eigenvalue weighted by atomic mass is 32.2. The molecule has 0 saturated carbocycles. The summed E-state index contributed by atoms with van der Waals surface area (Å²) in [5.41, 5.74) is 0.736. The molecule has 10 nitrogen and oxygen atoms in total. The molecule has 0 bridgehead atoms. The number of rotatable bonds is 7. The van der Waals surface area contributed by atoms with Gasteiger partial charge in [0.05, 0.1) is 4.90 Å². The first kappa shape index (κ1) is 20.7. The number of aryl methyl sites for hydroxylation is 1. The van der Waals surface area contributed by atoms with Gasteiger partial charge in [0.15, 0.2) is 6.61 Å². The van der Waals surface area contributed by atoms with Gasteiger partial charge in [0.25, 0.3) is 5.91 Å². The Kier molecular flexibility index (Phi) is 6.09. The van der Waals surface area contributed by atoms with Crippen LogP contribution in [0.25, 0.3) is 0 Å². The van der Waals surface area contributed by atoms with Crippen molar-refractivity contribution >= 4 is 27.4 Å². The molecule has 1 fully saturated rings. The Balaban J connectivity index is 1.67. The molecule has 0 radical (unpaired) electrons. The highest BCUT2D eigenvalue weighted by molar-refractivity contribution is 7.89. The highest BCUT2D eigenvalue weighted by Crippen LogP contribution is 2.25. The topological polar surface area (TPSA) is 132 Å². The monoisotopic (exact) mass is 420 g/mol. The number of carbonyl (C=O) groups is 1. The number of benzene rings is 1. The molecule has 0 spiro atoms. The predicted molar refractivity (Wildman–Crippen MR) is 104 cm³/mol. The number of pyridine rings is 1. The van der Waals surface area contributed by atoms with Crippen molar-refractivity contribution in [2.24, 2.45) is 0 Å². The summed E-state index contributed by atoms with van der Waals surface area (Å²) >= 11 is 0. The number of nitrogens with zero attached hydrogens (tertiary/aromatic N) is 3. The van der Waals surface area contributed by atoms with Gasteiger partial charge in [0.2, 0.25) is 15.8 Å². The smallest absolute Gasteiger partial charge is 0.406 e. The highest BCUT2D eigenvalue weighted by Gasteiger charge is 2.27. The van der Waals surface area contributed by atoms with Crippen LogP contribution in [0.1, 0.15) is 18.5 Å². The molecule has 0 aliphatic carbocycles. The first-order valence-corrected chi connectivity index (χ1v) is 10.4. The van der Waals surface area contributed by atoms with E-state index in [-0.39, 0.29) is 16.3 Å². The lowest BCUT2D eigenvalue weighted by Crippen LogP contribution is -2.28. The molecule has 1 N–H and O–H groups in total. The lowest BCUT2D eigenvalue weighted by atomic mass is 10.3. The van der Waals surface area contributed by atoms with Crippen LogP contribution in [-0.2, 0) is 14.8 Å². The van der Waals surface area contributed by atoms with Crippen LogP contribution in [0.3, 0.4) is 0 Å². The van der Waals surface area contributed by atoms with Crippen molar-refractivity contribution in [3.8, 4) is 5.75 Å². The van der Waals surface area contributed by atoms with Crippen molar-refractivity contribution in [2.45, 2.75) is 24.7 Å². The zero-order valence-corrected chi connectivity index (χ0v) is 16.5. The molecule has 29 heavy (non-hydrogen) atoms. The van der Waals surface area contributed by atoms with Crippen LogP contribution >= 0.6 is 0 Å². The number of hydrogen-bond acceptors (Lipinski definition) is 7. The van der Waals surface area contributed by atoms with Gasteiger partial charge in [0.1, 0.15) is 5.69 Å². The summed E-state index contributed by atoms with van der Waals surface area (Å²) in [7, 11) is -3.60. The van der Waals surface area contributed by atoms with E-state index in [1.165, 1.54) is 34.6 Å². The van der Waals surface area contributed by atoms with Gasteiger partial charge in [-0.2, -0.15) is 4.31 Å². The number of carbonyl (C=O) groups excluding carboxylic acids is 1. The number of nitrogens with one attached hydrogen (secondary N) is 1. The standard InChI is InChI=1S/C18H20N4O6S/c1-13-7-8-16(18(19-13)22(24)25)28-12-17(23)20-14-5-4-6-15(11-14)29(26,27)21-9-2-3-10-21/h4-8,11H,2-3,9-10,12H2,1H3,(H,20,23). The maximum absolute atomic E-state index is 12.6. The normalized spacial score (nSPS) is 14.5. The zero-order chi connectivity index (χ0) is 21.0. The third-order valence-corrected chi connectivity index (χ3v) is 6.23. The molecule has 154 valence electrons. The molecule has 2 heterocycles. The van der Waals surface area contributed by atoms with Crippen LogP contribution in [0.2, 0.25) is 0 Å². The Hall–Kier alpha value is -3.05. The van der Waals surface area contributed by atoms with Gasteiger partial charge in [-0.3, -0.25) is 4.79 Å². The Bertz CT molecular complexity index is 1030. The molecular formula is C18H20N4O6S. The first-order chi connectivity index (χ1) is 13.8. The summed E-state index contributed by atoms with van der Waals surface area (Å²) in [6.45, 7) is 2.08. The molecule has 1 aliphatic heterocycles. The van der Waals surface area contributed by atoms with Crippen LogP contribution < -0.4 is 10.1 Å². The molecule has 1 amide bonds. The molecular weight excluding hydrogens is 400 g/mol. The largest absolute Gasteiger partial charge is 0.476 e. The first-order valence-electron chi connectivity index (χ1n) is 8.92. The number of nitro groups is 1. The Morgan fingerprint density at radius 1 is 1.28 bits per heavy atom. The molecule has 0 unspecified atom stereocenters. The second-order valence-corrected chi connectivity index (χ2v) is 8.45. The van der Waals surface area contributed by atoms with Crippen molar-refractivity contribution in [2.75, 3.05) is 25.0 Å². The average molecular weight is 420 g/mol. The second kappa shape index (κ2) is 8.53. The van der Waals surface area contributed by atoms with E-state index in [1.54, 1.807) is 13.0 Å². The second-order valence-electron chi connectivity index (χ2n) is 6.51. The number of aromatic nitrogens is 1. The summed E-state index contributed by atoms with van der Waals surface area (Å²) in [5, 5.41) is 13.6. The van der Waals surface area contributed by atoms with Gasteiger partial charge in [0, 0.05) is 25.7 Å². The minimum absolute atomic E-state index is 0.0940. The number of anilines is 1. The van der Waals surface area contributed by atoms with E-state index >= 15 is 0 Å². The van der Waals surface area contributed by atoms with Gasteiger partial charge in [-0.25, -0.2) is 8.42 Å². The van der Waals surface area contributed by atoms with Crippen molar-refractivity contribution in [3.05, 3.63) is 52.2 Å². The fraction of sp³-hybridized carbons (Fsp3) is 0.333. The maximum Gasteiger partial charge on any atom is 0.406 e. The Labute approximate surface area is 167 Å². The summed E-state index contributed by atoms with van der Waals surface area (Å²) in [6, 6.07) is 8.84. The number of sulfonamides is 1. The van der Waals surface area contributed by atoms with E-state index in [4.69, 9.17) is 4.74 Å². The predicted octanol–water partition coefficient (Wildman–Crippen LogP) is 2.10. The number of hydrogen-bond donors (Lipinski definition) is 1. The molecule has 3 rings (SSSR count). The maximum atomic E-state index is 12.6. The summed E-state index contributed by atoms with van der Waals surface area (Å²) < 4.78 is 31.9. The van der Waals surface area contributed by atoms with Crippen LogP contribution in [0.15, 0.2) is 41.3 Å². The van der Waals surface area contributed by atoms with E-state index < -0.39 is 33.3 Å². The van der Waals surface area contributed by atoms with Gasteiger partial charge >= 0.3 is 5.82 Å². The van der Waals surface area contributed by atoms with Crippen molar-refractivity contribution in [3.63, 3.8) is 0 Å². The number of amides is 1. The fourth-order valence-corrected chi connectivity index (χ4v) is 4.49. The van der Waals surface area contributed by atoms with Gasteiger partial charge in [-0.15, -0.1) is 0 Å². The molecule has 1 aromatic carbocycles. The van der Waals surface area contributed by atoms with Gasteiger partial charge in [-0.1, -0.05) is 6.07 Å². The molecule has 2 aromatic rings. The minimum atomic E-state index is -3.60. The van der Waals surface area contributed by atoms with Crippen molar-refractivity contribution in [1.29, 1.82) is 0 Å². The Morgan fingerprint density at radius 2 is 2.00 bits per heavy atom. The van der Waals surface area contributed by atoms with Crippen LogP contribution in [0, 0.1) is 17.0 Å². The summed E-state index contributed by atoms with van der Waals surface area (Å²) in [6.07, 6.45) is 1.65.